The molecule has 80 heavy (non-hydrogen) atoms. The predicted octanol–water partition coefficient (Wildman–Crippen LogP) is 12.0. The first-order chi connectivity index (χ1) is 37.9. The van der Waals surface area contributed by atoms with E-state index in [1.54, 1.807) is 89.4 Å². The number of aliphatic imine (C=N–C) groups is 2. The highest BCUT2D eigenvalue weighted by molar-refractivity contribution is 6.32. The van der Waals surface area contributed by atoms with Gasteiger partial charge < -0.3 is 38.6 Å². The Balaban J connectivity index is 1.23. The van der Waals surface area contributed by atoms with Gasteiger partial charge in [0.25, 0.3) is 0 Å². The van der Waals surface area contributed by atoms with E-state index in [0.717, 1.165) is 55.6 Å². The fourth-order valence-corrected chi connectivity index (χ4v) is 9.51. The molecule has 0 fully saturated rings. The van der Waals surface area contributed by atoms with Crippen molar-refractivity contribution in [3.05, 3.63) is 163 Å². The largest absolute Gasteiger partial charge is 0.488 e. The van der Waals surface area contributed by atoms with Crippen LogP contribution in [0.2, 0.25) is 10.0 Å². The number of carboxylic acids is 2. The van der Waals surface area contributed by atoms with E-state index in [2.05, 4.69) is 56.6 Å². The molecule has 2 heterocycles. The maximum Gasteiger partial charge on any atom is 0.323 e. The molecule has 4 aromatic carbocycles. The van der Waals surface area contributed by atoms with Crippen LogP contribution in [0, 0.1) is 13.8 Å². The first-order valence-electron chi connectivity index (χ1n) is 26.3. The van der Waals surface area contributed by atoms with E-state index in [0.29, 0.717) is 44.2 Å². The number of halogens is 2. The smallest absolute Gasteiger partial charge is 0.323 e. The summed E-state index contributed by atoms with van der Waals surface area (Å²) < 4.78 is 37.8. The molecular formula is C62H74Cl2N6O10. The first-order valence-corrected chi connectivity index (χ1v) is 27.0. The number of nitrogens with zero attached hydrogens (tertiary/aromatic N) is 4. The van der Waals surface area contributed by atoms with Gasteiger partial charge in [-0.1, -0.05) is 59.6 Å². The predicted molar refractivity (Wildman–Crippen MR) is 314 cm³/mol. The molecule has 6 aromatic rings. The SMILES string of the molecule is CN=Cc1cncc(COc2cc(OCc3cccc(-c4cccc(COc5cc(OCc6cncc(C=NC)c6)c(CN[C@H](C(=O)O)[C@@H](C)OC(C)(C)C)cc5Cl)c4C)c3C)c(Cl)cc2CN[C@H](C(=O)O)[C@@H](C)OC(C)(C)C)c1. The Morgan fingerprint density at radius 2 is 0.938 bits per heavy atom. The lowest BCUT2D eigenvalue weighted by Gasteiger charge is -2.29. The Morgan fingerprint density at radius 3 is 1.29 bits per heavy atom. The standard InChI is InChI=1S/C62H74Cl2N6O10/c1-37-45(35-77-55-23-53(75-33-43-19-41(25-65-11)27-67-29-43)47(21-51(55)63)31-69-57(59(71)72)39(3)79-61(5,6)7)15-13-17-49(37)50-18-14-16-46(38(50)2)36-78-56-24-54(76-34-44-20-42(26-66-12)28-68-30-44)48(22-52(56)64)32-70-58(60(73)74)40(4)80-62(8,9)10/h13-30,39-40,57-58,69-70H,31-36H2,1-12H3,(H,71,72)(H,73,74)/t39-,40-,57+,58+/m1/s1. The summed E-state index contributed by atoms with van der Waals surface area (Å²) in [7, 11) is 3.38. The molecular weight excluding hydrogens is 1060 g/mol. The van der Waals surface area contributed by atoms with Gasteiger partial charge in [0.15, 0.2) is 0 Å². The average molecular weight is 1130 g/mol. The molecule has 6 rings (SSSR count). The molecule has 426 valence electrons. The monoisotopic (exact) mass is 1130 g/mol. The average Bonchev–Trinajstić information content (AvgIpc) is 3.40. The Kier molecular flexibility index (Phi) is 22.2. The van der Waals surface area contributed by atoms with Gasteiger partial charge in [-0.3, -0.25) is 40.2 Å². The van der Waals surface area contributed by atoms with Gasteiger partial charge in [0.1, 0.15) is 61.5 Å². The van der Waals surface area contributed by atoms with Crippen molar-refractivity contribution < 1.29 is 48.2 Å². The number of hydrogen-bond donors (Lipinski definition) is 4. The lowest BCUT2D eigenvalue weighted by atomic mass is 9.92. The topological polar surface area (TPSA) is 205 Å². The molecule has 0 aliphatic heterocycles. The molecule has 0 saturated heterocycles. The fraction of sp³-hybridized carbons (Fsp3) is 0.387. The lowest BCUT2D eigenvalue weighted by molar-refractivity contribution is -0.148. The number of aliphatic carboxylic acids is 2. The number of hydrogen-bond acceptors (Lipinski definition) is 14. The van der Waals surface area contributed by atoms with Gasteiger partial charge >= 0.3 is 11.9 Å². The normalized spacial score (nSPS) is 13.5. The summed E-state index contributed by atoms with van der Waals surface area (Å²) in [5.74, 6) is -0.456. The van der Waals surface area contributed by atoms with Crippen LogP contribution in [0.3, 0.4) is 0 Å². The van der Waals surface area contributed by atoms with E-state index in [-0.39, 0.29) is 39.5 Å². The third kappa shape index (κ3) is 18.0. The van der Waals surface area contributed by atoms with E-state index in [1.165, 1.54) is 0 Å². The van der Waals surface area contributed by atoms with Gasteiger partial charge in [0.05, 0.1) is 33.5 Å². The van der Waals surface area contributed by atoms with Gasteiger partial charge in [-0.05, 0) is 127 Å². The second-order valence-electron chi connectivity index (χ2n) is 21.4. The molecule has 0 radical (unpaired) electrons. The van der Waals surface area contributed by atoms with Gasteiger partial charge in [-0.2, -0.15) is 0 Å². The molecule has 0 unspecified atom stereocenters. The number of nitrogens with one attached hydrogen (secondary N) is 2. The van der Waals surface area contributed by atoms with Crippen LogP contribution < -0.4 is 29.6 Å². The summed E-state index contributed by atoms with van der Waals surface area (Å²) in [6, 6.07) is 20.8. The minimum Gasteiger partial charge on any atom is -0.488 e. The number of ether oxygens (including phenoxy) is 6. The minimum absolute atomic E-state index is 0.107. The van der Waals surface area contributed by atoms with E-state index in [1.807, 2.05) is 77.9 Å². The molecule has 18 heteroatoms. The number of carbonyl (C=O) groups is 2. The van der Waals surface area contributed by atoms with Gasteiger partial charge in [0.2, 0.25) is 0 Å². The fourth-order valence-electron chi connectivity index (χ4n) is 9.03. The van der Waals surface area contributed by atoms with Crippen molar-refractivity contribution >= 4 is 47.6 Å². The van der Waals surface area contributed by atoms with Gasteiger partial charge in [-0.25, -0.2) is 0 Å². The molecule has 16 nitrogen and oxygen atoms in total. The molecule has 4 atom stereocenters. The zero-order valence-corrected chi connectivity index (χ0v) is 49.2. The molecule has 4 N–H and O–H groups in total. The molecule has 0 aliphatic carbocycles. The van der Waals surface area contributed by atoms with Crippen molar-refractivity contribution in [2.75, 3.05) is 14.1 Å². The number of benzene rings is 4. The van der Waals surface area contributed by atoms with Crippen LogP contribution >= 0.6 is 23.2 Å². The second-order valence-corrected chi connectivity index (χ2v) is 22.2. The van der Waals surface area contributed by atoms with Crippen molar-refractivity contribution in [3.63, 3.8) is 0 Å². The highest BCUT2D eigenvalue weighted by Gasteiger charge is 2.31. The minimum atomic E-state index is -1.05. The van der Waals surface area contributed by atoms with Crippen LogP contribution in [0.25, 0.3) is 11.1 Å². The van der Waals surface area contributed by atoms with Crippen LogP contribution in [0.1, 0.15) is 111 Å². The summed E-state index contributed by atoms with van der Waals surface area (Å²) in [4.78, 5) is 41.8. The van der Waals surface area contributed by atoms with Crippen molar-refractivity contribution in [1.82, 2.24) is 20.6 Å². The Hall–Kier alpha value is -6.92. The van der Waals surface area contributed by atoms with Crippen LogP contribution in [0.5, 0.6) is 23.0 Å². The van der Waals surface area contributed by atoms with Crippen LogP contribution in [0.15, 0.2) is 108 Å². The van der Waals surface area contributed by atoms with Gasteiger partial charge in [0, 0.05) is 110 Å². The molecule has 0 saturated carbocycles. The van der Waals surface area contributed by atoms with Crippen LogP contribution in [-0.2, 0) is 58.6 Å². The second kappa shape index (κ2) is 28.5. The molecule has 0 spiro atoms. The number of pyridine rings is 2. The molecule has 0 aliphatic rings. The zero-order chi connectivity index (χ0) is 58.3. The van der Waals surface area contributed by atoms with Crippen molar-refractivity contribution in [2.45, 2.75) is 144 Å². The maximum atomic E-state index is 12.4. The van der Waals surface area contributed by atoms with Crippen molar-refractivity contribution in [2.24, 2.45) is 9.98 Å². The highest BCUT2D eigenvalue weighted by Crippen LogP contribution is 2.38. The summed E-state index contributed by atoms with van der Waals surface area (Å²) in [6.07, 6.45) is 8.95. The number of rotatable bonds is 27. The Morgan fingerprint density at radius 1 is 0.562 bits per heavy atom. The van der Waals surface area contributed by atoms with Crippen LogP contribution in [-0.4, -0.2) is 94.1 Å². The summed E-state index contributed by atoms with van der Waals surface area (Å²) >= 11 is 13.9. The number of carboxylic acid groups (broad SMARTS) is 2. The zero-order valence-electron chi connectivity index (χ0n) is 47.6. The first kappa shape index (κ1) is 62.3. The van der Waals surface area contributed by atoms with Crippen molar-refractivity contribution in [1.29, 1.82) is 0 Å². The quantitative estimate of drug-likeness (QED) is 0.0354. The summed E-state index contributed by atoms with van der Waals surface area (Å²) in [6.45, 7) is 19.7. The summed E-state index contributed by atoms with van der Waals surface area (Å²) in [5.41, 5.74) is 9.21. The van der Waals surface area contributed by atoms with E-state index >= 15 is 0 Å². The Labute approximate surface area is 479 Å². The van der Waals surface area contributed by atoms with Crippen LogP contribution in [0.4, 0.5) is 0 Å². The molecule has 2 aromatic heterocycles. The highest BCUT2D eigenvalue weighted by atomic mass is 35.5. The van der Waals surface area contributed by atoms with Crippen molar-refractivity contribution in [3.8, 4) is 34.1 Å². The van der Waals surface area contributed by atoms with E-state index in [9.17, 15) is 19.8 Å². The third-order valence-electron chi connectivity index (χ3n) is 12.7. The summed E-state index contributed by atoms with van der Waals surface area (Å²) in [5, 5.41) is 27.3. The molecule has 0 bridgehead atoms. The lowest BCUT2D eigenvalue weighted by Crippen LogP contribution is -2.47. The van der Waals surface area contributed by atoms with Gasteiger partial charge in [-0.15, -0.1) is 0 Å². The van der Waals surface area contributed by atoms with E-state index in [4.69, 9.17) is 51.6 Å². The van der Waals surface area contributed by atoms with E-state index < -0.39 is 47.4 Å². The Bertz CT molecular complexity index is 2950. The molecule has 0 amide bonds. The maximum absolute atomic E-state index is 12.4. The number of aromatic nitrogens is 2. The third-order valence-corrected chi connectivity index (χ3v) is 13.3.